The zero-order chi connectivity index (χ0) is 15.3. The van der Waals surface area contributed by atoms with E-state index in [1.54, 1.807) is 0 Å². The second-order valence-electron chi connectivity index (χ2n) is 6.92. The van der Waals surface area contributed by atoms with E-state index in [9.17, 15) is 4.79 Å². The molecule has 0 fully saturated rings. The molecule has 0 aliphatic heterocycles. The Morgan fingerprint density at radius 3 is 1.79 bits per heavy atom. The number of ether oxygens (including phenoxy) is 2. The number of esters is 1. The summed E-state index contributed by atoms with van der Waals surface area (Å²) in [5.74, 6) is -0.180. The third-order valence-electron chi connectivity index (χ3n) is 3.58. The summed E-state index contributed by atoms with van der Waals surface area (Å²) in [6, 6.07) is 0. The molecule has 0 radical (unpaired) electrons. The van der Waals surface area contributed by atoms with Gasteiger partial charge in [0.1, 0.15) is 0 Å². The van der Waals surface area contributed by atoms with Crippen LogP contribution >= 0.6 is 0 Å². The van der Waals surface area contributed by atoms with Crippen molar-refractivity contribution in [1.82, 2.24) is 0 Å². The molecule has 0 aliphatic carbocycles. The zero-order valence-electron chi connectivity index (χ0n) is 14.0. The maximum Gasteiger partial charge on any atom is 0.313 e. The average Bonchev–Trinajstić information content (AvgIpc) is 2.32. The van der Waals surface area contributed by atoms with Gasteiger partial charge in [0.25, 0.3) is 0 Å². The van der Waals surface area contributed by atoms with E-state index in [1.807, 2.05) is 41.5 Å². The van der Waals surface area contributed by atoms with Crippen LogP contribution in [0.25, 0.3) is 0 Å². The Balaban J connectivity index is 4.85. The van der Waals surface area contributed by atoms with Crippen LogP contribution < -0.4 is 0 Å². The highest BCUT2D eigenvalue weighted by Crippen LogP contribution is 2.30. The second kappa shape index (κ2) is 7.28. The molecule has 19 heavy (non-hydrogen) atoms. The van der Waals surface area contributed by atoms with Crippen molar-refractivity contribution in [1.29, 1.82) is 0 Å². The predicted octanol–water partition coefficient (Wildman–Crippen LogP) is 4.54. The van der Waals surface area contributed by atoms with Gasteiger partial charge in [0.2, 0.25) is 6.29 Å². The summed E-state index contributed by atoms with van der Waals surface area (Å²) in [5, 5.41) is 0. The minimum atomic E-state index is -0.490. The molecule has 0 aromatic rings. The zero-order valence-corrected chi connectivity index (χ0v) is 14.0. The maximum atomic E-state index is 12.2. The molecule has 0 bridgehead atoms. The molecule has 0 N–H and O–H groups in total. The van der Waals surface area contributed by atoms with Gasteiger partial charge in [-0.05, 0) is 33.1 Å². The molecular formula is C16H32O3. The van der Waals surface area contributed by atoms with Crippen LogP contribution in [0.1, 0.15) is 74.7 Å². The van der Waals surface area contributed by atoms with Crippen molar-refractivity contribution in [3.8, 4) is 0 Å². The van der Waals surface area contributed by atoms with Crippen molar-refractivity contribution in [3.05, 3.63) is 0 Å². The first-order valence-electron chi connectivity index (χ1n) is 7.45. The van der Waals surface area contributed by atoms with Crippen LogP contribution in [0.3, 0.4) is 0 Å². The fourth-order valence-electron chi connectivity index (χ4n) is 1.47. The maximum absolute atomic E-state index is 12.2. The van der Waals surface area contributed by atoms with E-state index in [0.29, 0.717) is 0 Å². The molecule has 1 unspecified atom stereocenters. The first-order valence-corrected chi connectivity index (χ1v) is 7.45. The highest BCUT2D eigenvalue weighted by atomic mass is 16.7. The van der Waals surface area contributed by atoms with Gasteiger partial charge in [-0.25, -0.2) is 0 Å². The van der Waals surface area contributed by atoms with E-state index < -0.39 is 11.7 Å². The molecule has 0 spiro atoms. The minimum Gasteiger partial charge on any atom is -0.435 e. The van der Waals surface area contributed by atoms with E-state index in [0.717, 1.165) is 19.3 Å². The third kappa shape index (κ3) is 5.94. The van der Waals surface area contributed by atoms with Crippen LogP contribution in [0.4, 0.5) is 0 Å². The summed E-state index contributed by atoms with van der Waals surface area (Å²) in [5.41, 5.74) is -0.678. The molecule has 0 heterocycles. The molecule has 1 atom stereocenters. The van der Waals surface area contributed by atoms with Crippen LogP contribution in [0.2, 0.25) is 0 Å². The van der Waals surface area contributed by atoms with Gasteiger partial charge >= 0.3 is 5.97 Å². The van der Waals surface area contributed by atoms with Crippen molar-refractivity contribution in [2.24, 2.45) is 10.8 Å². The molecule has 3 nitrogen and oxygen atoms in total. The van der Waals surface area contributed by atoms with Crippen LogP contribution in [-0.4, -0.2) is 18.4 Å². The van der Waals surface area contributed by atoms with Gasteiger partial charge in [0, 0.05) is 5.41 Å². The van der Waals surface area contributed by atoms with Gasteiger partial charge in [-0.3, -0.25) is 4.79 Å². The molecule has 0 aromatic carbocycles. The molecule has 114 valence electrons. The van der Waals surface area contributed by atoms with Crippen molar-refractivity contribution in [2.45, 2.75) is 87.0 Å². The minimum absolute atomic E-state index is 0.141. The molecule has 3 heteroatoms. The summed E-state index contributed by atoms with van der Waals surface area (Å²) in [6.07, 6.45) is 2.26. The highest BCUT2D eigenvalue weighted by molar-refractivity contribution is 5.75. The molecule has 0 amide bonds. The Bertz CT molecular complexity index is 272. The summed E-state index contributed by atoms with van der Waals surface area (Å²) in [6.45, 7) is 16.1. The Kier molecular flexibility index (Phi) is 7.06. The van der Waals surface area contributed by atoms with Gasteiger partial charge in [-0.2, -0.15) is 0 Å². The van der Waals surface area contributed by atoms with Crippen molar-refractivity contribution < 1.29 is 14.3 Å². The molecule has 0 rings (SSSR count). The molecule has 0 saturated carbocycles. The summed E-state index contributed by atoms with van der Waals surface area (Å²) in [4.78, 5) is 12.2. The lowest BCUT2D eigenvalue weighted by molar-refractivity contribution is -0.226. The van der Waals surface area contributed by atoms with E-state index in [-0.39, 0.29) is 17.5 Å². The van der Waals surface area contributed by atoms with Gasteiger partial charge in [0.05, 0.1) is 11.5 Å². The molecule has 0 aliphatic rings. The first-order chi connectivity index (χ1) is 8.58. The van der Waals surface area contributed by atoms with Gasteiger partial charge in [-0.1, -0.05) is 41.5 Å². The van der Waals surface area contributed by atoms with Crippen molar-refractivity contribution in [3.63, 3.8) is 0 Å². The lowest BCUT2D eigenvalue weighted by atomic mass is 9.90. The van der Waals surface area contributed by atoms with Gasteiger partial charge < -0.3 is 9.47 Å². The van der Waals surface area contributed by atoms with E-state index in [4.69, 9.17) is 9.47 Å². The van der Waals surface area contributed by atoms with Crippen LogP contribution in [0.15, 0.2) is 0 Å². The number of hydrogen-bond donors (Lipinski definition) is 0. The summed E-state index contributed by atoms with van der Waals surface area (Å²) >= 11 is 0. The van der Waals surface area contributed by atoms with E-state index in [1.165, 1.54) is 0 Å². The average molecular weight is 272 g/mol. The Hall–Kier alpha value is -0.570. The Labute approximate surface area is 119 Å². The SMILES string of the molecule is CCC(CC)OC(OC(=O)C(C)(C)CC)C(C)(C)C. The topological polar surface area (TPSA) is 35.5 Å². The standard InChI is InChI=1S/C16H32O3/c1-9-12(10-2)18-14(15(4,5)6)19-13(17)16(7,8)11-3/h12,14H,9-11H2,1-8H3. The summed E-state index contributed by atoms with van der Waals surface area (Å²) < 4.78 is 11.6. The molecule has 0 saturated heterocycles. The van der Waals surface area contributed by atoms with Crippen molar-refractivity contribution in [2.75, 3.05) is 0 Å². The Morgan fingerprint density at radius 2 is 1.47 bits per heavy atom. The smallest absolute Gasteiger partial charge is 0.313 e. The molecular weight excluding hydrogens is 240 g/mol. The Morgan fingerprint density at radius 1 is 1.00 bits per heavy atom. The van der Waals surface area contributed by atoms with Crippen LogP contribution in [0.5, 0.6) is 0 Å². The van der Waals surface area contributed by atoms with E-state index in [2.05, 4.69) is 13.8 Å². The number of hydrogen-bond acceptors (Lipinski definition) is 3. The predicted molar refractivity (Wildman–Crippen MR) is 78.9 cm³/mol. The van der Waals surface area contributed by atoms with Gasteiger partial charge in [0.15, 0.2) is 0 Å². The highest BCUT2D eigenvalue weighted by Gasteiger charge is 2.36. The molecule has 0 aromatic heterocycles. The normalized spacial score (nSPS) is 14.6. The van der Waals surface area contributed by atoms with Crippen LogP contribution in [0, 0.1) is 10.8 Å². The van der Waals surface area contributed by atoms with Gasteiger partial charge in [-0.15, -0.1) is 0 Å². The third-order valence-corrected chi connectivity index (χ3v) is 3.58. The van der Waals surface area contributed by atoms with E-state index >= 15 is 0 Å². The fourth-order valence-corrected chi connectivity index (χ4v) is 1.47. The lowest BCUT2D eigenvalue weighted by Crippen LogP contribution is -2.40. The number of rotatable bonds is 7. The number of carbonyl (C=O) groups excluding carboxylic acids is 1. The fraction of sp³-hybridized carbons (Fsp3) is 0.938. The monoisotopic (exact) mass is 272 g/mol. The van der Waals surface area contributed by atoms with Crippen molar-refractivity contribution >= 4 is 5.97 Å². The number of carbonyl (C=O) groups is 1. The quantitative estimate of drug-likeness (QED) is 0.504. The second-order valence-corrected chi connectivity index (χ2v) is 6.92. The summed E-state index contributed by atoms with van der Waals surface area (Å²) in [7, 11) is 0. The largest absolute Gasteiger partial charge is 0.435 e. The lowest BCUT2D eigenvalue weighted by Gasteiger charge is -2.35. The van der Waals surface area contributed by atoms with Crippen LogP contribution in [-0.2, 0) is 14.3 Å². The first kappa shape index (κ1) is 18.4.